The number of anilines is 1. The van der Waals surface area contributed by atoms with Crippen molar-refractivity contribution in [3.63, 3.8) is 0 Å². The molecule has 3 N–H and O–H groups in total. The number of benzene rings is 1. The third kappa shape index (κ3) is 6.98. The van der Waals surface area contributed by atoms with Gasteiger partial charge in [0, 0.05) is 38.6 Å². The predicted molar refractivity (Wildman–Crippen MR) is 133 cm³/mol. The van der Waals surface area contributed by atoms with Crippen LogP contribution in [-0.4, -0.2) is 70.9 Å². The van der Waals surface area contributed by atoms with E-state index >= 15 is 0 Å². The van der Waals surface area contributed by atoms with Gasteiger partial charge in [0.05, 0.1) is 28.3 Å². The van der Waals surface area contributed by atoms with Gasteiger partial charge < -0.3 is 19.6 Å². The van der Waals surface area contributed by atoms with Crippen LogP contribution in [-0.2, 0) is 16.0 Å². The van der Waals surface area contributed by atoms with E-state index in [2.05, 4.69) is 4.98 Å². The summed E-state index contributed by atoms with van der Waals surface area (Å²) in [5.41, 5.74) is 3.18. The molecule has 190 valence electrons. The molecule has 35 heavy (non-hydrogen) atoms. The molecular weight excluding hydrogens is 495 g/mol. The van der Waals surface area contributed by atoms with Gasteiger partial charge in [-0.2, -0.15) is 0 Å². The molecule has 1 aliphatic heterocycles. The molecule has 0 bridgehead atoms. The summed E-state index contributed by atoms with van der Waals surface area (Å²) in [6, 6.07) is 7.67. The van der Waals surface area contributed by atoms with Gasteiger partial charge in [0.1, 0.15) is 11.9 Å². The Hall–Kier alpha value is -2.59. The number of piperazine rings is 1. The zero-order valence-electron chi connectivity index (χ0n) is 19.5. The molecule has 0 spiro atoms. The first-order valence-corrected chi connectivity index (χ1v) is 12.3. The molecule has 3 rings (SSSR count). The Kier molecular flexibility index (Phi) is 9.97. The molecule has 9 nitrogen and oxygen atoms in total. The number of aliphatic hydroxyl groups is 1. The highest BCUT2D eigenvalue weighted by molar-refractivity contribution is 6.38. The lowest BCUT2D eigenvalue weighted by molar-refractivity contribution is -0.150. The van der Waals surface area contributed by atoms with E-state index in [-0.39, 0.29) is 12.3 Å². The van der Waals surface area contributed by atoms with Gasteiger partial charge in [-0.05, 0) is 43.9 Å². The van der Waals surface area contributed by atoms with Gasteiger partial charge in [0.2, 0.25) is 5.91 Å². The van der Waals surface area contributed by atoms with E-state index in [4.69, 9.17) is 33.1 Å². The fraction of sp³-hybridized carbons (Fsp3) is 0.458. The number of aliphatic hydroxyl groups excluding tert-OH is 1. The van der Waals surface area contributed by atoms with Crippen molar-refractivity contribution in [3.8, 4) is 5.75 Å². The lowest BCUT2D eigenvalue weighted by Crippen LogP contribution is -2.53. The molecule has 2 amide bonds. The number of hydrogen-bond acceptors (Lipinski definition) is 7. The summed E-state index contributed by atoms with van der Waals surface area (Å²) in [6.07, 6.45) is 2.89. The first-order chi connectivity index (χ1) is 16.8. The summed E-state index contributed by atoms with van der Waals surface area (Å²) in [6.45, 7) is 4.22. The third-order valence-electron chi connectivity index (χ3n) is 6.03. The van der Waals surface area contributed by atoms with E-state index < -0.39 is 17.9 Å². The van der Waals surface area contributed by atoms with Crippen molar-refractivity contribution in [2.45, 2.75) is 32.3 Å². The van der Waals surface area contributed by atoms with Crippen molar-refractivity contribution >= 4 is 40.7 Å². The van der Waals surface area contributed by atoms with Crippen LogP contribution in [0, 0.1) is 5.92 Å². The van der Waals surface area contributed by atoms with Crippen molar-refractivity contribution < 1.29 is 24.6 Å². The Balaban J connectivity index is 1.62. The van der Waals surface area contributed by atoms with Gasteiger partial charge in [-0.1, -0.05) is 35.3 Å². The van der Waals surface area contributed by atoms with E-state index in [0.717, 1.165) is 11.3 Å². The Morgan fingerprint density at radius 1 is 1.11 bits per heavy atom. The average Bonchev–Trinajstić information content (AvgIpc) is 2.87. The highest BCUT2D eigenvalue weighted by Gasteiger charge is 2.36. The quantitative estimate of drug-likeness (QED) is 0.323. The zero-order valence-corrected chi connectivity index (χ0v) is 21.0. The van der Waals surface area contributed by atoms with Gasteiger partial charge in [-0.3, -0.25) is 19.8 Å². The van der Waals surface area contributed by atoms with Crippen molar-refractivity contribution in [1.82, 2.24) is 15.4 Å². The lowest BCUT2D eigenvalue weighted by Gasteiger charge is -2.38. The van der Waals surface area contributed by atoms with Gasteiger partial charge >= 0.3 is 0 Å². The van der Waals surface area contributed by atoms with E-state index in [1.54, 1.807) is 4.90 Å². The molecule has 2 heterocycles. The summed E-state index contributed by atoms with van der Waals surface area (Å²) >= 11 is 12.5. The zero-order chi connectivity index (χ0) is 25.4. The monoisotopic (exact) mass is 524 g/mol. The first-order valence-electron chi connectivity index (χ1n) is 11.5. The number of carbonyl (C=O) groups excluding carboxylic acids is 2. The lowest BCUT2D eigenvalue weighted by atomic mass is 9.92. The normalized spacial score (nSPS) is 15.5. The van der Waals surface area contributed by atoms with Crippen LogP contribution in [0.1, 0.15) is 25.3 Å². The second kappa shape index (κ2) is 12.9. The minimum absolute atomic E-state index is 0.281. The molecule has 2 atom stereocenters. The molecule has 1 fully saturated rings. The van der Waals surface area contributed by atoms with Crippen LogP contribution in [0.3, 0.4) is 0 Å². The number of ether oxygens (including phenoxy) is 1. The van der Waals surface area contributed by atoms with Crippen LogP contribution < -0.4 is 15.1 Å². The molecule has 11 heteroatoms. The highest BCUT2D eigenvalue weighted by Crippen LogP contribution is 2.33. The van der Waals surface area contributed by atoms with Crippen LogP contribution in [0.5, 0.6) is 5.75 Å². The highest BCUT2D eigenvalue weighted by atomic mass is 35.5. The number of hydroxylamine groups is 1. The average molecular weight is 525 g/mol. The largest absolute Gasteiger partial charge is 0.494 e. The maximum atomic E-state index is 13.3. The second-order valence-electron chi connectivity index (χ2n) is 8.26. The molecule has 0 radical (unpaired) electrons. The van der Waals surface area contributed by atoms with E-state index in [1.165, 1.54) is 17.9 Å². The molecule has 0 saturated carbocycles. The molecule has 0 aliphatic carbocycles. The molecule has 1 saturated heterocycles. The fourth-order valence-corrected chi connectivity index (χ4v) is 4.81. The van der Waals surface area contributed by atoms with Crippen LogP contribution in [0.4, 0.5) is 5.69 Å². The number of nitrogens with one attached hydrogen (secondary N) is 1. The Morgan fingerprint density at radius 2 is 1.74 bits per heavy atom. The molecule has 1 aliphatic rings. The fourth-order valence-electron chi connectivity index (χ4n) is 4.20. The smallest absolute Gasteiger partial charge is 0.272 e. The number of amides is 2. The SMILES string of the molecule is CCOc1ccc(CCC[C@@H](C(=O)N2CCN(c3c(Cl)cncc3Cl)CC2)[C@H](O)C(=O)NO)cc1. The topological polar surface area (TPSA) is 115 Å². The maximum Gasteiger partial charge on any atom is 0.272 e. The number of halogens is 2. The number of rotatable bonds is 10. The summed E-state index contributed by atoms with van der Waals surface area (Å²) < 4.78 is 5.45. The van der Waals surface area contributed by atoms with Gasteiger partial charge in [0.15, 0.2) is 0 Å². The third-order valence-corrected chi connectivity index (χ3v) is 6.58. The molecular formula is C24H30Cl2N4O5. The molecule has 0 unspecified atom stereocenters. The van der Waals surface area contributed by atoms with E-state index in [1.807, 2.05) is 36.1 Å². The van der Waals surface area contributed by atoms with Gasteiger partial charge in [-0.25, -0.2) is 5.48 Å². The maximum absolute atomic E-state index is 13.3. The molecule has 2 aromatic rings. The number of aromatic nitrogens is 1. The summed E-state index contributed by atoms with van der Waals surface area (Å²) in [7, 11) is 0. The van der Waals surface area contributed by atoms with E-state index in [0.29, 0.717) is 61.4 Å². The number of hydrogen-bond donors (Lipinski definition) is 3. The van der Waals surface area contributed by atoms with Crippen LogP contribution in [0.2, 0.25) is 10.0 Å². The van der Waals surface area contributed by atoms with Crippen molar-refractivity contribution in [1.29, 1.82) is 0 Å². The van der Waals surface area contributed by atoms with Crippen molar-refractivity contribution in [2.75, 3.05) is 37.7 Å². The van der Waals surface area contributed by atoms with Crippen molar-refractivity contribution in [2.24, 2.45) is 5.92 Å². The van der Waals surface area contributed by atoms with Gasteiger partial charge in [0.25, 0.3) is 5.91 Å². The number of carbonyl (C=O) groups is 2. The van der Waals surface area contributed by atoms with Crippen molar-refractivity contribution in [3.05, 3.63) is 52.3 Å². The standard InChI is InChI=1S/C24H30Cl2N4O5/c1-2-35-17-8-6-16(7-9-17)4-3-5-18(22(31)23(32)28-34)24(33)30-12-10-29(11-13-30)21-19(25)14-27-15-20(21)26/h6-9,14-15,18,22,31,34H,2-5,10-13H2,1H3,(H,28,32)/t18-,22+/m1/s1. The molecule has 1 aromatic carbocycles. The number of nitrogens with zero attached hydrogens (tertiary/aromatic N) is 3. The molecule has 1 aromatic heterocycles. The number of pyridine rings is 1. The summed E-state index contributed by atoms with van der Waals surface area (Å²) in [5.74, 6) is -1.53. The van der Waals surface area contributed by atoms with Crippen LogP contribution >= 0.6 is 23.2 Å². The van der Waals surface area contributed by atoms with Crippen LogP contribution in [0.15, 0.2) is 36.7 Å². The Labute approximate surface area is 214 Å². The predicted octanol–water partition coefficient (Wildman–Crippen LogP) is 2.94. The summed E-state index contributed by atoms with van der Waals surface area (Å²) in [5, 5.41) is 20.3. The van der Waals surface area contributed by atoms with E-state index in [9.17, 15) is 14.7 Å². The van der Waals surface area contributed by atoms with Crippen LogP contribution in [0.25, 0.3) is 0 Å². The minimum atomic E-state index is -1.66. The Bertz CT molecular complexity index is 980. The number of aryl methyl sites for hydroxylation is 1. The Morgan fingerprint density at radius 3 is 2.31 bits per heavy atom. The first kappa shape index (κ1) is 27.0. The van der Waals surface area contributed by atoms with Gasteiger partial charge in [-0.15, -0.1) is 0 Å². The minimum Gasteiger partial charge on any atom is -0.494 e. The second-order valence-corrected chi connectivity index (χ2v) is 9.08. The summed E-state index contributed by atoms with van der Waals surface area (Å²) in [4.78, 5) is 32.8.